The predicted octanol–water partition coefficient (Wildman–Crippen LogP) is 3.44. The first kappa shape index (κ1) is 19.8. The summed E-state index contributed by atoms with van der Waals surface area (Å²) >= 11 is 1.04. The number of hydrogen-bond donors (Lipinski definition) is 2. The number of rotatable bonds is 7. The van der Waals surface area contributed by atoms with Gasteiger partial charge in [-0.3, -0.25) is 9.52 Å². The maximum atomic E-state index is 12.5. The van der Waals surface area contributed by atoms with Crippen molar-refractivity contribution in [2.75, 3.05) is 11.8 Å². The van der Waals surface area contributed by atoms with Crippen LogP contribution in [0.2, 0.25) is 0 Å². The molecule has 146 valence electrons. The van der Waals surface area contributed by atoms with Crippen LogP contribution >= 0.6 is 11.3 Å². The van der Waals surface area contributed by atoms with Crippen LogP contribution in [-0.4, -0.2) is 26.4 Å². The number of nitrogens with zero attached hydrogens (tertiary/aromatic N) is 1. The minimum absolute atomic E-state index is 0.0761. The molecular weight excluding hydrogens is 398 g/mol. The lowest BCUT2D eigenvalue weighted by molar-refractivity contribution is 0.0935. The first-order valence-corrected chi connectivity index (χ1v) is 10.7. The zero-order valence-electron chi connectivity index (χ0n) is 15.2. The molecular formula is C19H19N3O4S2. The summed E-state index contributed by atoms with van der Waals surface area (Å²) in [5, 5.41) is 4.48. The Labute approximate surface area is 167 Å². The van der Waals surface area contributed by atoms with Crippen LogP contribution in [0.3, 0.4) is 0 Å². The Balaban J connectivity index is 1.68. The van der Waals surface area contributed by atoms with E-state index in [-0.39, 0.29) is 27.7 Å². The average molecular weight is 418 g/mol. The highest BCUT2D eigenvalue weighted by atomic mass is 32.2. The summed E-state index contributed by atoms with van der Waals surface area (Å²) in [4.78, 5) is 16.6. The van der Waals surface area contributed by atoms with Gasteiger partial charge in [0.05, 0.1) is 18.0 Å². The number of nitrogens with one attached hydrogen (secondary N) is 2. The monoisotopic (exact) mass is 417 g/mol. The fourth-order valence-corrected chi connectivity index (χ4v) is 4.39. The second-order valence-electron chi connectivity index (χ2n) is 5.92. The van der Waals surface area contributed by atoms with E-state index >= 15 is 0 Å². The first-order valence-electron chi connectivity index (χ1n) is 8.37. The molecule has 3 aromatic rings. The summed E-state index contributed by atoms with van der Waals surface area (Å²) in [5.41, 5.74) is 1.12. The highest BCUT2D eigenvalue weighted by Crippen LogP contribution is 2.22. The topological polar surface area (TPSA) is 97.4 Å². The summed E-state index contributed by atoms with van der Waals surface area (Å²) in [6.07, 6.45) is 0. The second-order valence-corrected chi connectivity index (χ2v) is 8.47. The summed E-state index contributed by atoms with van der Waals surface area (Å²) in [7, 11) is -2.30. The van der Waals surface area contributed by atoms with Gasteiger partial charge in [0.15, 0.2) is 5.13 Å². The van der Waals surface area contributed by atoms with Crippen LogP contribution in [0.15, 0.2) is 64.9 Å². The van der Waals surface area contributed by atoms with Gasteiger partial charge in [-0.05, 0) is 36.8 Å². The summed E-state index contributed by atoms with van der Waals surface area (Å²) in [6.45, 7) is 1.87. The normalized spacial score (nSPS) is 12.2. The van der Waals surface area contributed by atoms with Crippen LogP contribution in [0.4, 0.5) is 5.13 Å². The molecule has 0 aliphatic rings. The quantitative estimate of drug-likeness (QED) is 0.614. The van der Waals surface area contributed by atoms with E-state index in [1.165, 1.54) is 24.6 Å². The molecule has 0 radical (unpaired) electrons. The van der Waals surface area contributed by atoms with Gasteiger partial charge >= 0.3 is 0 Å². The van der Waals surface area contributed by atoms with Gasteiger partial charge in [-0.25, -0.2) is 13.4 Å². The Morgan fingerprint density at radius 1 is 1.11 bits per heavy atom. The van der Waals surface area contributed by atoms with Crippen molar-refractivity contribution in [1.82, 2.24) is 10.3 Å². The van der Waals surface area contributed by atoms with Crippen molar-refractivity contribution < 1.29 is 17.9 Å². The molecule has 0 saturated carbocycles. The van der Waals surface area contributed by atoms with Crippen LogP contribution < -0.4 is 14.8 Å². The van der Waals surface area contributed by atoms with Gasteiger partial charge in [-0.1, -0.05) is 30.3 Å². The number of ether oxygens (including phenoxy) is 1. The number of aromatic nitrogens is 1. The number of anilines is 1. The molecule has 1 atom stereocenters. The molecule has 0 bridgehead atoms. The Morgan fingerprint density at radius 2 is 1.79 bits per heavy atom. The third-order valence-corrected chi connectivity index (χ3v) is 6.22. The predicted molar refractivity (Wildman–Crippen MR) is 108 cm³/mol. The molecule has 0 saturated heterocycles. The number of amides is 1. The molecule has 0 aliphatic heterocycles. The van der Waals surface area contributed by atoms with Crippen LogP contribution in [0, 0.1) is 0 Å². The van der Waals surface area contributed by atoms with E-state index in [9.17, 15) is 13.2 Å². The van der Waals surface area contributed by atoms with Crippen molar-refractivity contribution in [3.05, 3.63) is 71.2 Å². The molecule has 7 nitrogen and oxygen atoms in total. The van der Waals surface area contributed by atoms with E-state index in [1.54, 1.807) is 12.1 Å². The van der Waals surface area contributed by atoms with Gasteiger partial charge < -0.3 is 10.1 Å². The molecule has 0 aliphatic carbocycles. The van der Waals surface area contributed by atoms with Crippen LogP contribution in [-0.2, 0) is 10.0 Å². The third kappa shape index (κ3) is 4.68. The molecule has 1 amide bonds. The van der Waals surface area contributed by atoms with Crippen molar-refractivity contribution in [2.24, 2.45) is 0 Å². The molecule has 0 unspecified atom stereocenters. The number of carbonyl (C=O) groups is 1. The minimum atomic E-state index is -3.81. The van der Waals surface area contributed by atoms with E-state index in [2.05, 4.69) is 15.0 Å². The Bertz CT molecular complexity index is 1050. The van der Waals surface area contributed by atoms with E-state index in [4.69, 9.17) is 4.74 Å². The third-order valence-electron chi connectivity index (χ3n) is 3.98. The van der Waals surface area contributed by atoms with Crippen molar-refractivity contribution in [2.45, 2.75) is 17.9 Å². The molecule has 1 heterocycles. The molecule has 9 heteroatoms. The minimum Gasteiger partial charge on any atom is -0.497 e. The maximum Gasteiger partial charge on any atom is 0.271 e. The average Bonchev–Trinajstić information content (AvgIpc) is 3.16. The van der Waals surface area contributed by atoms with Crippen LogP contribution in [0.1, 0.15) is 29.0 Å². The number of carbonyl (C=O) groups excluding carboxylic acids is 1. The Morgan fingerprint density at radius 3 is 2.43 bits per heavy atom. The lowest BCUT2D eigenvalue weighted by Gasteiger charge is -2.13. The van der Waals surface area contributed by atoms with Gasteiger partial charge in [0.2, 0.25) is 0 Å². The zero-order valence-corrected chi connectivity index (χ0v) is 16.9. The summed E-state index contributed by atoms with van der Waals surface area (Å²) < 4.78 is 32.3. The molecule has 28 heavy (non-hydrogen) atoms. The molecule has 0 spiro atoms. The van der Waals surface area contributed by atoms with Crippen molar-refractivity contribution in [3.63, 3.8) is 0 Å². The highest BCUT2D eigenvalue weighted by Gasteiger charge is 2.19. The maximum absolute atomic E-state index is 12.5. The smallest absolute Gasteiger partial charge is 0.271 e. The van der Waals surface area contributed by atoms with Gasteiger partial charge in [0.25, 0.3) is 15.9 Å². The first-order chi connectivity index (χ1) is 13.4. The second kappa shape index (κ2) is 8.41. The number of sulfonamides is 1. The SMILES string of the molecule is COc1ccc(S(=O)(=O)Nc2nc(C(=O)N[C@@H](C)c3ccccc3)cs2)cc1. The molecule has 2 N–H and O–H groups in total. The standard InChI is InChI=1S/C19H19N3O4S2/c1-13(14-6-4-3-5-7-14)20-18(23)17-12-27-19(21-17)22-28(24,25)16-10-8-15(26-2)9-11-16/h3-13H,1-2H3,(H,20,23)(H,21,22)/t13-/m0/s1. The fraction of sp³-hybridized carbons (Fsp3) is 0.158. The number of benzene rings is 2. The van der Waals surface area contributed by atoms with Gasteiger partial charge in [0, 0.05) is 5.38 Å². The van der Waals surface area contributed by atoms with E-state index in [0.717, 1.165) is 16.9 Å². The van der Waals surface area contributed by atoms with Gasteiger partial charge in [-0.15, -0.1) is 11.3 Å². The Kier molecular flexibility index (Phi) is 5.96. The zero-order chi connectivity index (χ0) is 20.1. The van der Waals surface area contributed by atoms with Crippen molar-refractivity contribution in [1.29, 1.82) is 0 Å². The van der Waals surface area contributed by atoms with Crippen molar-refractivity contribution in [3.8, 4) is 5.75 Å². The molecule has 0 fully saturated rings. The molecule has 2 aromatic carbocycles. The van der Waals surface area contributed by atoms with Gasteiger partial charge in [0.1, 0.15) is 11.4 Å². The van der Waals surface area contributed by atoms with E-state index in [1.807, 2.05) is 37.3 Å². The summed E-state index contributed by atoms with van der Waals surface area (Å²) in [5.74, 6) is 0.183. The number of hydrogen-bond acceptors (Lipinski definition) is 6. The van der Waals surface area contributed by atoms with Crippen LogP contribution in [0.5, 0.6) is 5.75 Å². The van der Waals surface area contributed by atoms with Crippen molar-refractivity contribution >= 4 is 32.4 Å². The largest absolute Gasteiger partial charge is 0.497 e. The van der Waals surface area contributed by atoms with Crippen LogP contribution in [0.25, 0.3) is 0 Å². The fourth-order valence-electron chi connectivity index (χ4n) is 2.45. The number of methoxy groups -OCH3 is 1. The van der Waals surface area contributed by atoms with Gasteiger partial charge in [-0.2, -0.15) is 0 Å². The molecule has 1 aromatic heterocycles. The van der Waals surface area contributed by atoms with E-state index < -0.39 is 10.0 Å². The summed E-state index contributed by atoms with van der Waals surface area (Å²) in [6, 6.07) is 15.3. The highest BCUT2D eigenvalue weighted by molar-refractivity contribution is 7.93. The molecule has 3 rings (SSSR count). The van der Waals surface area contributed by atoms with E-state index in [0.29, 0.717) is 5.75 Å². The lowest BCUT2D eigenvalue weighted by Crippen LogP contribution is -2.27. The number of thiazole rings is 1. The Hall–Kier alpha value is -2.91. The lowest BCUT2D eigenvalue weighted by atomic mass is 10.1.